The molecule has 0 aliphatic heterocycles. The Hall–Kier alpha value is -1.24. The van der Waals surface area contributed by atoms with Gasteiger partial charge in [-0.15, -0.1) is 0 Å². The average Bonchev–Trinajstić information content (AvgIpc) is 2.93. The summed E-state index contributed by atoms with van der Waals surface area (Å²) in [6.45, 7) is 5.13. The monoisotopic (exact) mass is 431 g/mol. The third-order valence-corrected chi connectivity index (χ3v) is 8.09. The maximum absolute atomic E-state index is 13.1. The first-order chi connectivity index (χ1) is 13.5. The van der Waals surface area contributed by atoms with Crippen LogP contribution < -0.4 is 5.32 Å². The van der Waals surface area contributed by atoms with Crippen LogP contribution in [0.3, 0.4) is 0 Å². The average molecular weight is 432 g/mol. The van der Waals surface area contributed by atoms with E-state index >= 15 is 0 Å². The number of carbonyl (C=O) groups is 1. The summed E-state index contributed by atoms with van der Waals surface area (Å²) in [4.78, 5) is 13.0. The van der Waals surface area contributed by atoms with Crippen LogP contribution in [0.5, 0.6) is 0 Å². The van der Waals surface area contributed by atoms with Crippen LogP contribution in [0.2, 0.25) is 5.02 Å². The second-order valence-corrected chi connectivity index (χ2v) is 9.99. The molecule has 4 nitrogen and oxygen atoms in total. The first kappa shape index (κ1) is 21.0. The molecule has 5 rings (SSSR count). The summed E-state index contributed by atoms with van der Waals surface area (Å²) in [5.74, 6) is 2.02. The Labute approximate surface area is 174 Å². The Bertz CT molecular complexity index is 769. The van der Waals surface area contributed by atoms with Crippen molar-refractivity contribution >= 4 is 17.5 Å². The van der Waals surface area contributed by atoms with Gasteiger partial charge in [0.15, 0.2) is 5.69 Å². The van der Waals surface area contributed by atoms with Crippen molar-refractivity contribution in [2.75, 3.05) is 0 Å². The predicted octanol–water partition coefficient (Wildman–Crippen LogP) is 5.54. The van der Waals surface area contributed by atoms with E-state index in [1.54, 1.807) is 6.92 Å². The van der Waals surface area contributed by atoms with Gasteiger partial charge in [-0.05, 0) is 82.0 Å². The minimum absolute atomic E-state index is 0.0549. The molecule has 1 heterocycles. The quantitative estimate of drug-likeness (QED) is 0.665. The molecule has 4 aliphatic rings. The van der Waals surface area contributed by atoms with Crippen LogP contribution in [0.4, 0.5) is 13.2 Å². The van der Waals surface area contributed by atoms with Gasteiger partial charge in [-0.1, -0.05) is 18.5 Å². The number of halogens is 4. The van der Waals surface area contributed by atoms with Crippen molar-refractivity contribution in [3.63, 3.8) is 0 Å². The van der Waals surface area contributed by atoms with Gasteiger partial charge < -0.3 is 5.32 Å². The van der Waals surface area contributed by atoms with E-state index < -0.39 is 22.9 Å². The van der Waals surface area contributed by atoms with Gasteiger partial charge in [0, 0.05) is 6.04 Å². The van der Waals surface area contributed by atoms with Gasteiger partial charge in [-0.3, -0.25) is 9.48 Å². The van der Waals surface area contributed by atoms with E-state index in [1.165, 1.54) is 26.2 Å². The minimum Gasteiger partial charge on any atom is -0.351 e. The van der Waals surface area contributed by atoms with Crippen molar-refractivity contribution in [2.45, 2.75) is 84.0 Å². The second kappa shape index (κ2) is 7.17. The Balaban J connectivity index is 1.53. The molecular weight excluding hydrogens is 403 g/mol. The SMILES string of the molecule is CCC(NC(=O)C(C)n1nc(C(F)(F)F)c(Cl)c1C)C12CC3CC(CC(C3)C1)C2. The summed E-state index contributed by atoms with van der Waals surface area (Å²) in [6, 6.07) is -0.800. The summed E-state index contributed by atoms with van der Waals surface area (Å²) in [6.07, 6.45) is 3.65. The molecule has 2 unspecified atom stereocenters. The van der Waals surface area contributed by atoms with Gasteiger partial charge in [-0.25, -0.2) is 0 Å². The number of nitrogens with zero attached hydrogens (tertiary/aromatic N) is 2. The topological polar surface area (TPSA) is 46.9 Å². The predicted molar refractivity (Wildman–Crippen MR) is 105 cm³/mol. The minimum atomic E-state index is -4.64. The molecule has 4 bridgehead atoms. The highest BCUT2D eigenvalue weighted by atomic mass is 35.5. The van der Waals surface area contributed by atoms with Crippen molar-refractivity contribution in [3.05, 3.63) is 16.4 Å². The summed E-state index contributed by atoms with van der Waals surface area (Å²) in [5.41, 5.74) is -0.832. The van der Waals surface area contributed by atoms with Gasteiger partial charge >= 0.3 is 6.18 Å². The number of amides is 1. The van der Waals surface area contributed by atoms with Crippen LogP contribution in [0.1, 0.15) is 76.2 Å². The van der Waals surface area contributed by atoms with Crippen molar-refractivity contribution in [1.82, 2.24) is 15.1 Å². The Morgan fingerprint density at radius 3 is 2.17 bits per heavy atom. The molecular formula is C21H29ClF3N3O. The van der Waals surface area contributed by atoms with E-state index in [-0.39, 0.29) is 23.1 Å². The van der Waals surface area contributed by atoms with Gasteiger partial charge in [0.2, 0.25) is 5.91 Å². The summed E-state index contributed by atoms with van der Waals surface area (Å²) < 4.78 is 40.5. The van der Waals surface area contributed by atoms with Gasteiger partial charge in [0.1, 0.15) is 6.04 Å². The van der Waals surface area contributed by atoms with Crippen molar-refractivity contribution < 1.29 is 18.0 Å². The van der Waals surface area contributed by atoms with E-state index in [0.29, 0.717) is 0 Å². The standard InChI is InChI=1S/C21H29ClF3N3O/c1-4-16(20-8-13-5-14(9-20)7-15(6-13)10-20)26-19(29)12(3)28-11(2)17(22)18(27-28)21(23,24)25/h12-16H,4-10H2,1-3H3,(H,26,29). The van der Waals surface area contributed by atoms with Gasteiger partial charge in [-0.2, -0.15) is 18.3 Å². The lowest BCUT2D eigenvalue weighted by Crippen LogP contribution is -2.57. The normalized spacial score (nSPS) is 33.0. The smallest absolute Gasteiger partial charge is 0.351 e. The third-order valence-electron chi connectivity index (χ3n) is 7.64. The fourth-order valence-corrected chi connectivity index (χ4v) is 6.98. The lowest BCUT2D eigenvalue weighted by molar-refractivity contribution is -0.142. The highest BCUT2D eigenvalue weighted by Gasteiger charge is 2.54. The molecule has 1 N–H and O–H groups in total. The largest absolute Gasteiger partial charge is 0.436 e. The molecule has 8 heteroatoms. The van der Waals surface area contributed by atoms with E-state index in [4.69, 9.17) is 11.6 Å². The zero-order valence-corrected chi connectivity index (χ0v) is 17.9. The van der Waals surface area contributed by atoms with Crippen LogP contribution in [0, 0.1) is 30.1 Å². The lowest BCUT2D eigenvalue weighted by atomic mass is 9.47. The van der Waals surface area contributed by atoms with Crippen LogP contribution >= 0.6 is 11.6 Å². The first-order valence-corrected chi connectivity index (χ1v) is 11.0. The molecule has 0 spiro atoms. The summed E-state index contributed by atoms with van der Waals surface area (Å²) in [5, 5.41) is 6.38. The number of carbonyl (C=O) groups excluding carboxylic acids is 1. The molecule has 4 fully saturated rings. The number of hydrogen-bond donors (Lipinski definition) is 1. The summed E-state index contributed by atoms with van der Waals surface area (Å²) in [7, 11) is 0. The molecule has 4 aliphatic carbocycles. The molecule has 4 saturated carbocycles. The Morgan fingerprint density at radius 1 is 1.24 bits per heavy atom. The number of nitrogens with one attached hydrogen (secondary N) is 1. The van der Waals surface area contributed by atoms with Crippen LogP contribution in [-0.4, -0.2) is 21.7 Å². The van der Waals surface area contributed by atoms with Gasteiger partial charge in [0.25, 0.3) is 0 Å². The summed E-state index contributed by atoms with van der Waals surface area (Å²) >= 11 is 5.86. The molecule has 162 valence electrons. The fourth-order valence-electron chi connectivity index (χ4n) is 6.75. The number of rotatable bonds is 5. The zero-order chi connectivity index (χ0) is 21.1. The molecule has 1 aromatic rings. The van der Waals surface area contributed by atoms with Gasteiger partial charge in [0.05, 0.1) is 10.7 Å². The highest BCUT2D eigenvalue weighted by Crippen LogP contribution is 2.61. The Morgan fingerprint density at radius 2 is 1.76 bits per heavy atom. The van der Waals surface area contributed by atoms with Crippen LogP contribution in [-0.2, 0) is 11.0 Å². The second-order valence-electron chi connectivity index (χ2n) is 9.62. The molecule has 0 aromatic carbocycles. The van der Waals surface area contributed by atoms with E-state index in [9.17, 15) is 18.0 Å². The van der Waals surface area contributed by atoms with Crippen molar-refractivity contribution in [1.29, 1.82) is 0 Å². The number of alkyl halides is 3. The molecule has 0 radical (unpaired) electrons. The van der Waals surface area contributed by atoms with E-state index in [1.807, 2.05) is 0 Å². The van der Waals surface area contributed by atoms with Crippen molar-refractivity contribution in [3.8, 4) is 0 Å². The molecule has 0 saturated heterocycles. The number of hydrogen-bond acceptors (Lipinski definition) is 2. The molecule has 29 heavy (non-hydrogen) atoms. The molecule has 2 atom stereocenters. The number of aromatic nitrogens is 2. The Kier molecular flexibility index (Phi) is 5.20. The third kappa shape index (κ3) is 3.57. The maximum atomic E-state index is 13.1. The van der Waals surface area contributed by atoms with Crippen LogP contribution in [0.25, 0.3) is 0 Å². The van der Waals surface area contributed by atoms with Crippen molar-refractivity contribution in [2.24, 2.45) is 23.2 Å². The molecule has 1 amide bonds. The fraction of sp³-hybridized carbons (Fsp3) is 0.810. The maximum Gasteiger partial charge on any atom is 0.436 e. The molecule has 1 aromatic heterocycles. The van der Waals surface area contributed by atoms with E-state index in [2.05, 4.69) is 17.3 Å². The lowest BCUT2D eigenvalue weighted by Gasteiger charge is -2.59. The van der Waals surface area contributed by atoms with Crippen LogP contribution in [0.15, 0.2) is 0 Å². The zero-order valence-electron chi connectivity index (χ0n) is 17.2. The first-order valence-electron chi connectivity index (χ1n) is 10.7. The highest BCUT2D eigenvalue weighted by molar-refractivity contribution is 6.32. The van der Waals surface area contributed by atoms with E-state index in [0.717, 1.165) is 48.1 Å².